The average Bonchev–Trinajstić information content (AvgIpc) is 3.56. The van der Waals surface area contributed by atoms with Crippen LogP contribution in [0.2, 0.25) is 0 Å². The van der Waals surface area contributed by atoms with Gasteiger partial charge in [-0.3, -0.25) is 4.79 Å². The van der Waals surface area contributed by atoms with E-state index in [0.29, 0.717) is 0 Å². The van der Waals surface area contributed by atoms with Crippen LogP contribution in [0.4, 0.5) is 0 Å². The van der Waals surface area contributed by atoms with Gasteiger partial charge in [-0.1, -0.05) is 149 Å². The molecule has 0 bridgehead atoms. The number of benzene rings is 5. The van der Waals surface area contributed by atoms with E-state index in [9.17, 15) is 9.90 Å². The Balaban J connectivity index is 0.000000267. The van der Waals surface area contributed by atoms with Crippen molar-refractivity contribution in [2.75, 3.05) is 0 Å². The number of aliphatic hydroxyl groups excluding tert-OH is 1. The minimum atomic E-state index is -0.301. The topological polar surface area (TPSA) is 63.3 Å². The van der Waals surface area contributed by atoms with E-state index in [0.717, 1.165) is 81.1 Å². The summed E-state index contributed by atoms with van der Waals surface area (Å²) in [5.41, 5.74) is 10.4. The molecule has 1 aliphatic rings. The first kappa shape index (κ1) is 38.9. The van der Waals surface area contributed by atoms with Crippen molar-refractivity contribution in [3.63, 3.8) is 0 Å². The van der Waals surface area contributed by atoms with E-state index >= 15 is 0 Å². The number of pyridine rings is 1. The Morgan fingerprint density at radius 3 is 1.96 bits per heavy atom. The number of fused-ring (bicyclic) bond motifs is 4. The van der Waals surface area contributed by atoms with Gasteiger partial charge >= 0.3 is 0 Å². The van der Waals surface area contributed by atoms with E-state index in [2.05, 4.69) is 117 Å². The number of hydrogen-bond acceptors (Lipinski definition) is 4. The van der Waals surface area contributed by atoms with Crippen LogP contribution in [0.5, 0.6) is 0 Å². The van der Waals surface area contributed by atoms with Gasteiger partial charge in [0.1, 0.15) is 11.2 Å². The first-order valence-electron chi connectivity index (χ1n) is 19.1. The number of nitrogens with zero attached hydrogens (tertiary/aromatic N) is 1. The number of rotatable bonds is 9. The normalized spacial score (nSPS) is 13.1. The molecule has 1 radical (unpaired) electrons. The van der Waals surface area contributed by atoms with Crippen LogP contribution in [-0.4, -0.2) is 15.9 Å². The minimum absolute atomic E-state index is 0. The Kier molecular flexibility index (Phi) is 11.7. The first-order chi connectivity index (χ1) is 25.7. The summed E-state index contributed by atoms with van der Waals surface area (Å²) in [6, 6.07) is 39.9. The molecule has 0 saturated carbocycles. The number of carbonyl (C=O) groups is 1. The Hall–Kier alpha value is -4.83. The van der Waals surface area contributed by atoms with Gasteiger partial charge in [0.2, 0.25) is 0 Å². The van der Waals surface area contributed by atoms with Gasteiger partial charge in [-0.05, 0) is 47.8 Å². The number of hydrogen-bond donors (Lipinski definition) is 1. The summed E-state index contributed by atoms with van der Waals surface area (Å²) >= 11 is 0. The van der Waals surface area contributed by atoms with Crippen LogP contribution in [0, 0.1) is 17.9 Å². The number of carbonyl (C=O) groups excluding carboxylic acids is 1. The van der Waals surface area contributed by atoms with E-state index in [-0.39, 0.29) is 48.9 Å². The third-order valence-corrected chi connectivity index (χ3v) is 11.3. The number of furan rings is 1. The molecule has 0 atom stereocenters. The number of aliphatic hydroxyl groups is 1. The van der Waals surface area contributed by atoms with Crippen LogP contribution < -0.4 is 0 Å². The molecule has 0 fully saturated rings. The van der Waals surface area contributed by atoms with Gasteiger partial charge in [0.05, 0.1) is 5.76 Å². The molecule has 54 heavy (non-hydrogen) atoms. The van der Waals surface area contributed by atoms with Crippen LogP contribution >= 0.6 is 0 Å². The first-order valence-corrected chi connectivity index (χ1v) is 19.1. The smallest absolute Gasteiger partial charge is 0.162 e. The predicted octanol–water partition coefficient (Wildman–Crippen LogP) is 13.4. The van der Waals surface area contributed by atoms with Crippen LogP contribution in [0.1, 0.15) is 78.4 Å². The van der Waals surface area contributed by atoms with E-state index in [4.69, 9.17) is 9.40 Å². The van der Waals surface area contributed by atoms with Crippen molar-refractivity contribution >= 4 is 38.5 Å². The predicted molar refractivity (Wildman–Crippen MR) is 220 cm³/mol. The number of allylic oxidation sites excluding steroid dienone is 2. The van der Waals surface area contributed by atoms with Gasteiger partial charge in [0.25, 0.3) is 0 Å². The monoisotopic (exact) mass is 891 g/mol. The zero-order chi connectivity index (χ0) is 37.3. The Morgan fingerprint density at radius 1 is 0.759 bits per heavy atom. The minimum Gasteiger partial charge on any atom is -0.512 e. The van der Waals surface area contributed by atoms with Crippen molar-refractivity contribution in [3.05, 3.63) is 138 Å². The third kappa shape index (κ3) is 6.85. The molecule has 0 spiro atoms. The summed E-state index contributed by atoms with van der Waals surface area (Å²) in [5.74, 6) is 0.547. The Labute approximate surface area is 332 Å². The molecule has 0 amide bonds. The standard InChI is InChI=1S/C36H24NO.C13H24O2.Ir/c1-36(2)29-20-19-26(22-11-5-3-6-12-22)34-30(29)31-33(27-18-17-24-15-9-10-16-25(24)32(27)36)37-21-28(35(31)38-34)23-13-7-4-8-14-23;1-5-10(6-2)12(14)9-13(15)11(7-3)8-4;/h3-17,19-21H,1-2H3;9-11,14H,5-8H2,1-4H3;/q-1;;/b;12-9-;. The number of aromatic nitrogens is 1. The van der Waals surface area contributed by atoms with Gasteiger partial charge in [-0.15, -0.1) is 23.3 Å². The molecule has 2 heterocycles. The maximum absolute atomic E-state index is 11.7. The van der Waals surface area contributed by atoms with Gasteiger partial charge in [-0.2, -0.15) is 0 Å². The SMILES string of the molecule is CC1(C)c2c([c-]cc3ccccc23)-c2ncc(-c3ccccc3)c3oc4c(-c5ccccc5)ccc1c4c23.CCC(CC)C(=O)/C=C(\O)C(CC)CC.[Ir]. The molecule has 1 aliphatic carbocycles. The van der Waals surface area contributed by atoms with Gasteiger partial charge in [0.15, 0.2) is 5.78 Å². The summed E-state index contributed by atoms with van der Waals surface area (Å²) in [5, 5.41) is 14.4. The van der Waals surface area contributed by atoms with E-state index < -0.39 is 0 Å². The molecule has 0 unspecified atom stereocenters. The Morgan fingerprint density at radius 2 is 1.33 bits per heavy atom. The fourth-order valence-electron chi connectivity index (χ4n) is 8.21. The van der Waals surface area contributed by atoms with Crippen LogP contribution in [0.15, 0.2) is 126 Å². The number of ketones is 1. The summed E-state index contributed by atoms with van der Waals surface area (Å²) in [6.07, 6.45) is 6.88. The van der Waals surface area contributed by atoms with Crippen molar-refractivity contribution in [1.29, 1.82) is 0 Å². The molecule has 2 aromatic heterocycles. The molecule has 4 nitrogen and oxygen atoms in total. The van der Waals surface area contributed by atoms with Gasteiger partial charge < -0.3 is 14.5 Å². The van der Waals surface area contributed by atoms with E-state index in [1.165, 1.54) is 28.0 Å². The molecular weight excluding hydrogens is 843 g/mol. The third-order valence-electron chi connectivity index (χ3n) is 11.3. The van der Waals surface area contributed by atoms with Crippen LogP contribution in [0.3, 0.4) is 0 Å². The molecule has 5 aromatic carbocycles. The van der Waals surface area contributed by atoms with Crippen LogP contribution in [0.25, 0.3) is 66.2 Å². The summed E-state index contributed by atoms with van der Waals surface area (Å²) in [7, 11) is 0. The average molecular weight is 891 g/mol. The van der Waals surface area contributed by atoms with Crippen molar-refractivity contribution in [3.8, 4) is 33.5 Å². The molecule has 1 N–H and O–H groups in total. The quantitative estimate of drug-likeness (QED) is 0.0891. The maximum atomic E-state index is 11.7. The van der Waals surface area contributed by atoms with Crippen molar-refractivity contribution in [1.82, 2.24) is 4.98 Å². The van der Waals surface area contributed by atoms with Crippen molar-refractivity contribution in [2.24, 2.45) is 11.8 Å². The molecule has 8 rings (SSSR count). The van der Waals surface area contributed by atoms with E-state index in [1.54, 1.807) is 0 Å². The summed E-state index contributed by atoms with van der Waals surface area (Å²) in [6.45, 7) is 12.7. The van der Waals surface area contributed by atoms with Crippen molar-refractivity contribution < 1.29 is 34.4 Å². The molecule has 7 aromatic rings. The fourth-order valence-corrected chi connectivity index (χ4v) is 8.21. The molecule has 0 aliphatic heterocycles. The zero-order valence-electron chi connectivity index (χ0n) is 32.0. The van der Waals surface area contributed by atoms with Gasteiger partial charge in [0, 0.05) is 71.8 Å². The zero-order valence-corrected chi connectivity index (χ0v) is 34.4. The van der Waals surface area contributed by atoms with Crippen LogP contribution in [-0.2, 0) is 30.3 Å². The second-order valence-electron chi connectivity index (χ2n) is 14.7. The second kappa shape index (κ2) is 16.3. The summed E-state index contributed by atoms with van der Waals surface area (Å²) < 4.78 is 6.92. The molecule has 277 valence electrons. The molecular formula is C49H48IrNO3-. The molecule has 5 heteroatoms. The van der Waals surface area contributed by atoms with Gasteiger partial charge in [-0.25, -0.2) is 0 Å². The Bertz CT molecular complexity index is 2450. The molecule has 0 saturated heterocycles. The van der Waals surface area contributed by atoms with E-state index in [1.807, 2.05) is 40.0 Å². The fraction of sp³-hybridized carbons (Fsp3) is 0.265. The maximum Gasteiger partial charge on any atom is 0.162 e. The second-order valence-corrected chi connectivity index (χ2v) is 14.7. The van der Waals surface area contributed by atoms with Crippen molar-refractivity contribution in [2.45, 2.75) is 72.6 Å². The largest absolute Gasteiger partial charge is 0.512 e. The summed E-state index contributed by atoms with van der Waals surface area (Å²) in [4.78, 5) is 16.9.